The van der Waals surface area contributed by atoms with Crippen molar-refractivity contribution in [2.24, 2.45) is 0 Å². The van der Waals surface area contributed by atoms with Gasteiger partial charge in [0.05, 0.1) is 17.9 Å². The smallest absolute Gasteiger partial charge is 0.388 e. The molecule has 6 nitrogen and oxygen atoms in total. The summed E-state index contributed by atoms with van der Waals surface area (Å²) in [6.45, 7) is 1.14. The van der Waals surface area contributed by atoms with Gasteiger partial charge in [-0.1, -0.05) is 16.6 Å². The Morgan fingerprint density at radius 1 is 1.20 bits per heavy atom. The van der Waals surface area contributed by atoms with E-state index in [9.17, 15) is 35.1 Å². The van der Waals surface area contributed by atoms with Crippen molar-refractivity contribution in [1.82, 2.24) is 3.71 Å². The minimum absolute atomic E-state index is 0.0249. The van der Waals surface area contributed by atoms with Crippen molar-refractivity contribution in [1.29, 1.82) is 0 Å². The highest BCUT2D eigenvalue weighted by molar-refractivity contribution is 8.04. The van der Waals surface area contributed by atoms with E-state index in [2.05, 4.69) is 0 Å². The molecule has 0 bridgehead atoms. The Bertz CT molecular complexity index is 567. The molecule has 1 aliphatic carbocycles. The van der Waals surface area contributed by atoms with E-state index in [1.54, 1.807) is 0 Å². The molecule has 120 valence electrons. The molecule has 2 unspecified atom stereocenters. The second kappa shape index (κ2) is 5.11. The predicted octanol–water partition coefficient (Wildman–Crippen LogP) is 0.791. The van der Waals surface area contributed by atoms with Crippen molar-refractivity contribution in [3.63, 3.8) is 0 Å². The molecule has 20 heavy (non-hydrogen) atoms. The SMILES string of the molecule is CC1(O)CCCCC1N(S(C)(=O)=O)S(=O)(=O)C(F)(F)F. The van der Waals surface area contributed by atoms with Gasteiger partial charge in [-0.3, -0.25) is 0 Å². The topological polar surface area (TPSA) is 91.8 Å². The Kier molecular flexibility index (Phi) is 4.51. The molecule has 1 fully saturated rings. The number of alkyl halides is 3. The van der Waals surface area contributed by atoms with Gasteiger partial charge in [-0.2, -0.15) is 13.2 Å². The number of nitrogens with zero attached hydrogens (tertiary/aromatic N) is 1. The third-order valence-electron chi connectivity index (χ3n) is 3.24. The summed E-state index contributed by atoms with van der Waals surface area (Å²) in [6.07, 6.45) is 1.06. The van der Waals surface area contributed by atoms with E-state index >= 15 is 0 Å². The van der Waals surface area contributed by atoms with Gasteiger partial charge >= 0.3 is 15.5 Å². The molecule has 11 heteroatoms. The van der Waals surface area contributed by atoms with Gasteiger partial charge in [-0.25, -0.2) is 16.8 Å². The highest BCUT2D eigenvalue weighted by atomic mass is 32.3. The molecule has 1 saturated carbocycles. The average molecular weight is 339 g/mol. The van der Waals surface area contributed by atoms with Crippen LogP contribution >= 0.6 is 0 Å². The van der Waals surface area contributed by atoms with Crippen LogP contribution < -0.4 is 0 Å². The Morgan fingerprint density at radius 3 is 2.05 bits per heavy atom. The quantitative estimate of drug-likeness (QED) is 0.821. The third-order valence-corrected chi connectivity index (χ3v) is 6.86. The maximum Gasteiger partial charge on any atom is 0.512 e. The summed E-state index contributed by atoms with van der Waals surface area (Å²) >= 11 is 0. The summed E-state index contributed by atoms with van der Waals surface area (Å²) in [5, 5.41) is 10.1. The zero-order chi connectivity index (χ0) is 16.0. The summed E-state index contributed by atoms with van der Waals surface area (Å²) in [4.78, 5) is 0. The summed E-state index contributed by atoms with van der Waals surface area (Å²) in [6, 6.07) is -1.65. The lowest BCUT2D eigenvalue weighted by atomic mass is 9.82. The third kappa shape index (κ3) is 3.26. The van der Waals surface area contributed by atoms with Gasteiger partial charge < -0.3 is 5.11 Å². The number of sulfonamides is 2. The van der Waals surface area contributed by atoms with Crippen LogP contribution in [0.25, 0.3) is 0 Å². The summed E-state index contributed by atoms with van der Waals surface area (Å²) in [5.74, 6) is 0. The molecular weight excluding hydrogens is 323 g/mol. The Balaban J connectivity index is 3.44. The van der Waals surface area contributed by atoms with Crippen LogP contribution in [0.3, 0.4) is 0 Å². The number of halogens is 3. The fourth-order valence-electron chi connectivity index (χ4n) is 2.31. The maximum absolute atomic E-state index is 12.6. The van der Waals surface area contributed by atoms with E-state index in [1.165, 1.54) is 0 Å². The largest absolute Gasteiger partial charge is 0.512 e. The standard InChI is InChI=1S/C9H16F3NO5S2/c1-8(14)6-4-3-5-7(8)13(19(2,15)16)20(17,18)9(10,11)12/h7,14H,3-6H2,1-2H3. The molecule has 0 aromatic carbocycles. The van der Waals surface area contributed by atoms with Crippen molar-refractivity contribution in [3.05, 3.63) is 0 Å². The van der Waals surface area contributed by atoms with Crippen LogP contribution in [0.4, 0.5) is 13.2 Å². The minimum Gasteiger partial charge on any atom is -0.388 e. The highest BCUT2D eigenvalue weighted by Gasteiger charge is 2.58. The van der Waals surface area contributed by atoms with E-state index in [0.717, 1.165) is 6.92 Å². The van der Waals surface area contributed by atoms with E-state index < -0.39 is 40.9 Å². The van der Waals surface area contributed by atoms with E-state index in [-0.39, 0.29) is 12.8 Å². The molecule has 0 aromatic rings. The normalized spacial score (nSPS) is 29.6. The Morgan fingerprint density at radius 2 is 1.70 bits per heavy atom. The number of hydrogen-bond donors (Lipinski definition) is 1. The van der Waals surface area contributed by atoms with Gasteiger partial charge in [0.15, 0.2) is 0 Å². The molecule has 1 aliphatic rings. The fourth-order valence-corrected chi connectivity index (χ4v) is 5.66. The van der Waals surface area contributed by atoms with Crippen molar-refractivity contribution in [2.75, 3.05) is 6.26 Å². The molecule has 0 aliphatic heterocycles. The lowest BCUT2D eigenvalue weighted by Crippen LogP contribution is -2.58. The van der Waals surface area contributed by atoms with E-state index in [4.69, 9.17) is 0 Å². The zero-order valence-corrected chi connectivity index (χ0v) is 12.5. The van der Waals surface area contributed by atoms with Crippen LogP contribution in [0.2, 0.25) is 0 Å². The zero-order valence-electron chi connectivity index (χ0n) is 10.9. The van der Waals surface area contributed by atoms with Crippen molar-refractivity contribution in [3.8, 4) is 0 Å². The molecule has 0 aromatic heterocycles. The van der Waals surface area contributed by atoms with Gasteiger partial charge in [0.2, 0.25) is 10.0 Å². The van der Waals surface area contributed by atoms with Gasteiger partial charge in [0, 0.05) is 0 Å². The molecule has 1 N–H and O–H groups in total. The molecule has 0 radical (unpaired) electrons. The van der Waals surface area contributed by atoms with Crippen molar-refractivity contribution >= 4 is 20.0 Å². The summed E-state index contributed by atoms with van der Waals surface area (Å²) < 4.78 is 83.4. The van der Waals surface area contributed by atoms with Crippen LogP contribution in [0.5, 0.6) is 0 Å². The first-order valence-electron chi connectivity index (χ1n) is 5.74. The van der Waals surface area contributed by atoms with Gasteiger partial charge in [-0.05, 0) is 19.8 Å². The van der Waals surface area contributed by atoms with Crippen LogP contribution in [0.15, 0.2) is 0 Å². The molecule has 1 rings (SSSR count). The molecule has 2 atom stereocenters. The lowest BCUT2D eigenvalue weighted by molar-refractivity contribution is -0.0559. The van der Waals surface area contributed by atoms with E-state index in [0.29, 0.717) is 19.1 Å². The first-order chi connectivity index (χ1) is 8.71. The minimum atomic E-state index is -6.08. The Labute approximate surface area is 115 Å². The van der Waals surface area contributed by atoms with Gasteiger partial charge in [0.25, 0.3) is 0 Å². The van der Waals surface area contributed by atoms with Crippen LogP contribution in [0.1, 0.15) is 32.6 Å². The molecule has 0 spiro atoms. The number of aliphatic hydroxyl groups is 1. The monoisotopic (exact) mass is 339 g/mol. The first kappa shape index (κ1) is 17.7. The van der Waals surface area contributed by atoms with Gasteiger partial charge in [0.1, 0.15) is 0 Å². The second-order valence-electron chi connectivity index (χ2n) is 5.06. The van der Waals surface area contributed by atoms with Crippen molar-refractivity contribution in [2.45, 2.75) is 49.8 Å². The number of rotatable bonds is 3. The first-order valence-corrected chi connectivity index (χ1v) is 9.03. The Hall–Kier alpha value is -0.390. The van der Waals surface area contributed by atoms with Crippen molar-refractivity contribution < 1.29 is 35.1 Å². The second-order valence-corrected chi connectivity index (χ2v) is 8.95. The van der Waals surface area contributed by atoms with Crippen LogP contribution in [-0.4, -0.2) is 49.1 Å². The predicted molar refractivity (Wildman–Crippen MR) is 64.5 cm³/mol. The highest BCUT2D eigenvalue weighted by Crippen LogP contribution is 2.38. The molecule has 0 heterocycles. The summed E-state index contributed by atoms with van der Waals surface area (Å²) in [7, 11) is -10.8. The fraction of sp³-hybridized carbons (Fsp3) is 1.00. The van der Waals surface area contributed by atoms with E-state index in [1.807, 2.05) is 0 Å². The average Bonchev–Trinajstić information content (AvgIpc) is 2.16. The molecular formula is C9H16F3NO5S2. The maximum atomic E-state index is 12.6. The lowest BCUT2D eigenvalue weighted by Gasteiger charge is -2.41. The number of hydrogen-bond acceptors (Lipinski definition) is 5. The van der Waals surface area contributed by atoms with Crippen LogP contribution in [0, 0.1) is 0 Å². The van der Waals surface area contributed by atoms with Gasteiger partial charge in [-0.15, -0.1) is 0 Å². The van der Waals surface area contributed by atoms with Crippen LogP contribution in [-0.2, 0) is 20.0 Å². The summed E-state index contributed by atoms with van der Waals surface area (Å²) in [5.41, 5.74) is -7.58. The molecule has 0 amide bonds. The molecule has 0 saturated heterocycles.